The van der Waals surface area contributed by atoms with Crippen molar-refractivity contribution < 1.29 is 4.79 Å². The van der Waals surface area contributed by atoms with Gasteiger partial charge in [0.05, 0.1) is 13.1 Å². The molecule has 0 bridgehead atoms. The number of nitrogens with one attached hydrogen (secondary N) is 3. The van der Waals surface area contributed by atoms with Crippen LogP contribution in [0.25, 0.3) is 0 Å². The second-order valence-corrected chi connectivity index (χ2v) is 9.90. The highest BCUT2D eigenvalue weighted by Gasteiger charge is 2.27. The molecule has 1 unspecified atom stereocenters. The van der Waals surface area contributed by atoms with E-state index in [0.717, 1.165) is 75.0 Å². The van der Waals surface area contributed by atoms with Gasteiger partial charge in [-0.1, -0.05) is 26.0 Å². The highest BCUT2D eigenvalue weighted by atomic mass is 16.2. The number of aromatic amines is 2. The van der Waals surface area contributed by atoms with Crippen LogP contribution in [0.15, 0.2) is 49.1 Å². The third-order valence-corrected chi connectivity index (χ3v) is 6.93. The Kier molecular flexibility index (Phi) is 10.3. The van der Waals surface area contributed by atoms with Gasteiger partial charge < -0.3 is 25.1 Å². The average molecular weight is 507 g/mol. The Morgan fingerprint density at radius 1 is 0.919 bits per heavy atom. The summed E-state index contributed by atoms with van der Waals surface area (Å²) in [5.41, 5.74) is 1.92. The maximum Gasteiger partial charge on any atom is 0.254 e. The van der Waals surface area contributed by atoms with E-state index < -0.39 is 0 Å². The third-order valence-electron chi connectivity index (χ3n) is 6.93. The zero-order valence-electron chi connectivity index (χ0n) is 22.3. The van der Waals surface area contributed by atoms with E-state index in [0.29, 0.717) is 13.1 Å². The summed E-state index contributed by atoms with van der Waals surface area (Å²) in [5.74, 6) is 1.97. The van der Waals surface area contributed by atoms with Gasteiger partial charge in [-0.05, 0) is 50.0 Å². The number of hydrogen-bond acceptors (Lipinski definition) is 6. The molecule has 3 heterocycles. The van der Waals surface area contributed by atoms with E-state index in [2.05, 4.69) is 65.9 Å². The largest absolute Gasteiger partial charge is 0.348 e. The van der Waals surface area contributed by atoms with E-state index in [1.54, 1.807) is 12.4 Å². The van der Waals surface area contributed by atoms with Crippen molar-refractivity contribution >= 4 is 5.91 Å². The van der Waals surface area contributed by atoms with Crippen molar-refractivity contribution in [2.45, 2.75) is 58.8 Å². The van der Waals surface area contributed by atoms with Gasteiger partial charge in [0.15, 0.2) is 0 Å². The highest BCUT2D eigenvalue weighted by molar-refractivity contribution is 5.94. The number of hydrogen-bond donors (Lipinski definition) is 3. The van der Waals surface area contributed by atoms with Crippen LogP contribution in [0.2, 0.25) is 0 Å². The molecule has 37 heavy (non-hydrogen) atoms. The molecule has 0 radical (unpaired) electrons. The predicted molar refractivity (Wildman–Crippen MR) is 146 cm³/mol. The number of carbonyl (C=O) groups excluding carboxylic acids is 1. The number of H-pyrrole nitrogens is 2. The summed E-state index contributed by atoms with van der Waals surface area (Å²) in [7, 11) is 0. The van der Waals surface area contributed by atoms with E-state index in [-0.39, 0.29) is 11.9 Å². The molecule has 3 N–H and O–H groups in total. The van der Waals surface area contributed by atoms with Gasteiger partial charge in [0.1, 0.15) is 11.6 Å². The fourth-order valence-corrected chi connectivity index (χ4v) is 5.12. The van der Waals surface area contributed by atoms with Crippen LogP contribution < -0.4 is 5.32 Å². The molecule has 0 spiro atoms. The summed E-state index contributed by atoms with van der Waals surface area (Å²) in [4.78, 5) is 35.5. The lowest BCUT2D eigenvalue weighted by atomic mass is 10.1. The van der Waals surface area contributed by atoms with Gasteiger partial charge in [0, 0.05) is 69.1 Å². The van der Waals surface area contributed by atoms with Gasteiger partial charge in [-0.2, -0.15) is 0 Å². The summed E-state index contributed by atoms with van der Waals surface area (Å²) >= 11 is 0. The smallest absolute Gasteiger partial charge is 0.254 e. The van der Waals surface area contributed by atoms with Gasteiger partial charge in [0.25, 0.3) is 5.91 Å². The number of amides is 1. The Morgan fingerprint density at radius 3 is 2.14 bits per heavy atom. The Labute approximate surface area is 220 Å². The molecule has 1 aliphatic rings. The number of nitrogens with zero attached hydrogens (tertiary/aromatic N) is 5. The van der Waals surface area contributed by atoms with Crippen molar-refractivity contribution in [1.82, 2.24) is 40.0 Å². The molecule has 1 fully saturated rings. The zero-order valence-corrected chi connectivity index (χ0v) is 22.3. The fourth-order valence-electron chi connectivity index (χ4n) is 5.12. The monoisotopic (exact) mass is 506 g/mol. The SMILES string of the molecule is CCCN(CCC)CCC1CNCCN1C(=O)c1ccc(CN(Cc2ncc[nH]2)Cc2ncc[nH]2)cc1. The Balaban J connectivity index is 1.38. The van der Waals surface area contributed by atoms with Crippen molar-refractivity contribution in [3.8, 4) is 0 Å². The van der Waals surface area contributed by atoms with Crippen LogP contribution in [0.1, 0.15) is 60.7 Å². The number of benzene rings is 1. The Morgan fingerprint density at radius 2 is 1.57 bits per heavy atom. The first-order valence-corrected chi connectivity index (χ1v) is 13.7. The summed E-state index contributed by atoms with van der Waals surface area (Å²) in [6.07, 6.45) is 10.6. The lowest BCUT2D eigenvalue weighted by Gasteiger charge is -2.37. The van der Waals surface area contributed by atoms with Crippen molar-refractivity contribution in [3.05, 3.63) is 71.8 Å². The van der Waals surface area contributed by atoms with Gasteiger partial charge >= 0.3 is 0 Å². The third kappa shape index (κ3) is 7.99. The molecule has 200 valence electrons. The molecule has 2 aromatic heterocycles. The van der Waals surface area contributed by atoms with Crippen molar-refractivity contribution in [1.29, 1.82) is 0 Å². The van der Waals surface area contributed by atoms with Gasteiger partial charge in [-0.15, -0.1) is 0 Å². The molecule has 1 amide bonds. The number of piperazine rings is 1. The van der Waals surface area contributed by atoms with E-state index in [4.69, 9.17) is 0 Å². The second kappa shape index (κ2) is 14.1. The first-order valence-electron chi connectivity index (χ1n) is 13.7. The predicted octanol–water partition coefficient (Wildman–Crippen LogP) is 3.26. The zero-order chi connectivity index (χ0) is 25.9. The molecule has 1 atom stereocenters. The molecule has 9 heteroatoms. The Hall–Kier alpha value is -3.01. The molecule has 0 saturated carbocycles. The quantitative estimate of drug-likeness (QED) is 0.311. The summed E-state index contributed by atoms with van der Waals surface area (Å²) < 4.78 is 0. The van der Waals surface area contributed by atoms with Crippen LogP contribution >= 0.6 is 0 Å². The van der Waals surface area contributed by atoms with E-state index in [9.17, 15) is 4.79 Å². The minimum absolute atomic E-state index is 0.138. The fraction of sp³-hybridized carbons (Fsp3) is 0.536. The molecule has 3 aromatic rings. The molecule has 1 saturated heterocycles. The summed E-state index contributed by atoms with van der Waals surface area (Å²) in [5, 5.41) is 3.49. The normalized spacial score (nSPS) is 16.1. The summed E-state index contributed by atoms with van der Waals surface area (Å²) in [6, 6.07) is 8.34. The van der Waals surface area contributed by atoms with E-state index in [1.165, 1.54) is 12.8 Å². The average Bonchev–Trinajstić information content (AvgIpc) is 3.62. The van der Waals surface area contributed by atoms with Crippen LogP contribution in [0.4, 0.5) is 0 Å². The number of rotatable bonds is 14. The van der Waals surface area contributed by atoms with Gasteiger partial charge in [-0.3, -0.25) is 9.69 Å². The number of carbonyl (C=O) groups is 1. The molecule has 1 aromatic carbocycles. The van der Waals surface area contributed by atoms with Crippen LogP contribution in [0.3, 0.4) is 0 Å². The maximum atomic E-state index is 13.5. The second-order valence-electron chi connectivity index (χ2n) is 9.90. The van der Waals surface area contributed by atoms with Crippen LogP contribution in [-0.2, 0) is 19.6 Å². The van der Waals surface area contributed by atoms with E-state index >= 15 is 0 Å². The maximum absolute atomic E-state index is 13.5. The molecular formula is C28H42N8O. The lowest BCUT2D eigenvalue weighted by molar-refractivity contribution is 0.0609. The lowest BCUT2D eigenvalue weighted by Crippen LogP contribution is -2.54. The van der Waals surface area contributed by atoms with Crippen molar-refractivity contribution in [2.24, 2.45) is 0 Å². The Bertz CT molecular complexity index is 993. The minimum atomic E-state index is 0.138. The molecule has 4 rings (SSSR count). The molecule has 9 nitrogen and oxygen atoms in total. The van der Waals surface area contributed by atoms with Crippen LogP contribution in [0.5, 0.6) is 0 Å². The summed E-state index contributed by atoms with van der Waals surface area (Å²) in [6.45, 7) is 12.3. The van der Waals surface area contributed by atoms with Crippen molar-refractivity contribution in [2.75, 3.05) is 39.3 Å². The molecule has 0 aliphatic carbocycles. The molecule has 1 aliphatic heterocycles. The number of aromatic nitrogens is 4. The standard InChI is InChI=1S/C28H42N8O/c1-3-15-34(16-4-2)17-9-25-19-29-14-18-36(25)28(37)24-7-5-23(6-8-24)20-35(21-26-30-10-11-31-26)22-27-32-12-13-33-27/h5-8,10-13,25,29H,3-4,9,14-22H2,1-2H3,(H,30,31)(H,32,33). The highest BCUT2D eigenvalue weighted by Crippen LogP contribution is 2.17. The minimum Gasteiger partial charge on any atom is -0.348 e. The first-order chi connectivity index (χ1) is 18.2. The topological polar surface area (TPSA) is 96.2 Å². The van der Waals surface area contributed by atoms with Crippen LogP contribution in [-0.4, -0.2) is 85.9 Å². The van der Waals surface area contributed by atoms with Gasteiger partial charge in [0.2, 0.25) is 0 Å². The van der Waals surface area contributed by atoms with E-state index in [1.807, 2.05) is 24.5 Å². The first kappa shape index (κ1) is 27.0. The molecular weight excluding hydrogens is 464 g/mol. The van der Waals surface area contributed by atoms with Crippen LogP contribution in [0, 0.1) is 0 Å². The van der Waals surface area contributed by atoms with Crippen molar-refractivity contribution in [3.63, 3.8) is 0 Å². The van der Waals surface area contributed by atoms with Gasteiger partial charge in [-0.25, -0.2) is 9.97 Å². The number of imidazole rings is 2.